The summed E-state index contributed by atoms with van der Waals surface area (Å²) in [5, 5.41) is 0. The molecule has 138 valence electrons. The van der Waals surface area contributed by atoms with Gasteiger partial charge < -0.3 is 14.5 Å². The Hall–Kier alpha value is -0.940. The molecule has 4 rings (SSSR count). The molecule has 3 aliphatic heterocycles. The molecule has 3 atom stereocenters. The topological polar surface area (TPSA) is 19.0 Å². The van der Waals surface area contributed by atoms with Gasteiger partial charge in [-0.15, -0.1) is 0 Å². The average molecular weight is 344 g/mol. The van der Waals surface area contributed by atoms with Crippen molar-refractivity contribution in [2.45, 2.75) is 18.9 Å². The number of nitrogens with zero attached hydrogens (tertiary/aromatic N) is 3. The van der Waals surface area contributed by atoms with Crippen LogP contribution in [-0.2, 0) is 11.2 Å². The van der Waals surface area contributed by atoms with Crippen LogP contribution in [0.1, 0.15) is 12.0 Å². The summed E-state index contributed by atoms with van der Waals surface area (Å²) in [4.78, 5) is 7.71. The van der Waals surface area contributed by atoms with E-state index in [1.807, 2.05) is 0 Å². The first-order valence-electron chi connectivity index (χ1n) is 10.1. The largest absolute Gasteiger partial charge is 0.376 e. The molecule has 4 nitrogen and oxygen atoms in total. The second-order valence-electron chi connectivity index (χ2n) is 8.22. The summed E-state index contributed by atoms with van der Waals surface area (Å²) < 4.78 is 6.26. The number of hydrogen-bond donors (Lipinski definition) is 0. The number of rotatable bonds is 5. The van der Waals surface area contributed by atoms with Crippen LogP contribution in [0.3, 0.4) is 0 Å². The summed E-state index contributed by atoms with van der Waals surface area (Å²) in [6, 6.07) is 10.9. The standard InChI is InChI=1S/C21H33N3O/c1-22-11-13-24(14-12-22)16-21-20-8-10-23(15-19(20)17-25-21)9-7-18-5-3-2-4-6-18/h2-6,19-21H,7-17H2,1H3/t19-,20-,21+/m1/s1. The highest BCUT2D eigenvalue weighted by Crippen LogP contribution is 2.35. The van der Waals surface area contributed by atoms with E-state index >= 15 is 0 Å². The highest BCUT2D eigenvalue weighted by molar-refractivity contribution is 5.14. The molecule has 0 amide bonds. The molecule has 1 aromatic rings. The molecule has 0 saturated carbocycles. The molecule has 3 saturated heterocycles. The smallest absolute Gasteiger partial charge is 0.0734 e. The van der Waals surface area contributed by atoms with Crippen molar-refractivity contribution in [1.29, 1.82) is 0 Å². The Morgan fingerprint density at radius 3 is 2.60 bits per heavy atom. The first kappa shape index (κ1) is 17.5. The van der Waals surface area contributed by atoms with Gasteiger partial charge in [0.1, 0.15) is 0 Å². The minimum absolute atomic E-state index is 0.477. The Labute approximate surface area is 152 Å². The van der Waals surface area contributed by atoms with Gasteiger partial charge in [0.15, 0.2) is 0 Å². The summed E-state index contributed by atoms with van der Waals surface area (Å²) in [5.74, 6) is 1.54. The lowest BCUT2D eigenvalue weighted by molar-refractivity contribution is 0.0354. The van der Waals surface area contributed by atoms with E-state index in [1.54, 1.807) is 0 Å². The van der Waals surface area contributed by atoms with Gasteiger partial charge in [-0.05, 0) is 37.9 Å². The lowest BCUT2D eigenvalue weighted by Gasteiger charge is -2.38. The number of likely N-dealkylation sites (tertiary alicyclic amines) is 1. The molecule has 1 aromatic carbocycles. The number of ether oxygens (including phenoxy) is 1. The lowest BCUT2D eigenvalue weighted by Crippen LogP contribution is -2.49. The van der Waals surface area contributed by atoms with Crippen LogP contribution >= 0.6 is 0 Å². The van der Waals surface area contributed by atoms with Gasteiger partial charge in [-0.3, -0.25) is 4.90 Å². The van der Waals surface area contributed by atoms with E-state index in [2.05, 4.69) is 52.1 Å². The highest BCUT2D eigenvalue weighted by atomic mass is 16.5. The van der Waals surface area contributed by atoms with E-state index in [0.29, 0.717) is 6.10 Å². The molecule has 0 unspecified atom stereocenters. The molecule has 0 N–H and O–H groups in total. The first-order chi connectivity index (χ1) is 12.3. The van der Waals surface area contributed by atoms with Gasteiger partial charge in [0.05, 0.1) is 12.7 Å². The third-order valence-electron chi connectivity index (χ3n) is 6.47. The zero-order valence-electron chi connectivity index (χ0n) is 15.6. The van der Waals surface area contributed by atoms with Crippen molar-refractivity contribution in [2.75, 3.05) is 66.0 Å². The monoisotopic (exact) mass is 343 g/mol. The Bertz CT molecular complexity index is 529. The maximum atomic E-state index is 6.26. The van der Waals surface area contributed by atoms with Crippen molar-refractivity contribution in [2.24, 2.45) is 11.8 Å². The van der Waals surface area contributed by atoms with Crippen molar-refractivity contribution in [3.8, 4) is 0 Å². The zero-order chi connectivity index (χ0) is 17.1. The minimum atomic E-state index is 0.477. The fraction of sp³-hybridized carbons (Fsp3) is 0.714. The second kappa shape index (κ2) is 8.17. The normalized spacial score (nSPS) is 32.0. The highest BCUT2D eigenvalue weighted by Gasteiger charge is 2.41. The van der Waals surface area contributed by atoms with Crippen LogP contribution in [0, 0.1) is 11.8 Å². The van der Waals surface area contributed by atoms with E-state index < -0.39 is 0 Å². The molecule has 0 aromatic heterocycles. The van der Waals surface area contributed by atoms with Crippen LogP contribution in [0.15, 0.2) is 30.3 Å². The van der Waals surface area contributed by atoms with Crippen LogP contribution in [0.4, 0.5) is 0 Å². The number of piperidine rings is 1. The fourth-order valence-corrected chi connectivity index (χ4v) is 4.77. The Morgan fingerprint density at radius 2 is 1.80 bits per heavy atom. The van der Waals surface area contributed by atoms with Gasteiger partial charge in [-0.2, -0.15) is 0 Å². The number of likely N-dealkylation sites (N-methyl/N-ethyl adjacent to an activating group) is 1. The molecule has 3 fully saturated rings. The quantitative estimate of drug-likeness (QED) is 0.812. The van der Waals surface area contributed by atoms with Gasteiger partial charge in [0.25, 0.3) is 0 Å². The molecule has 3 heterocycles. The Morgan fingerprint density at radius 1 is 1.00 bits per heavy atom. The molecular weight excluding hydrogens is 310 g/mol. The summed E-state index contributed by atoms with van der Waals surface area (Å²) >= 11 is 0. The Balaban J connectivity index is 1.23. The van der Waals surface area contributed by atoms with Crippen molar-refractivity contribution in [3.05, 3.63) is 35.9 Å². The summed E-state index contributed by atoms with van der Waals surface area (Å²) in [5.41, 5.74) is 1.46. The van der Waals surface area contributed by atoms with Crippen LogP contribution in [0.25, 0.3) is 0 Å². The van der Waals surface area contributed by atoms with Crippen molar-refractivity contribution in [3.63, 3.8) is 0 Å². The maximum absolute atomic E-state index is 6.26. The molecular formula is C21H33N3O. The molecule has 0 bridgehead atoms. The van der Waals surface area contributed by atoms with Crippen LogP contribution in [-0.4, -0.2) is 86.8 Å². The van der Waals surface area contributed by atoms with Crippen LogP contribution < -0.4 is 0 Å². The predicted octanol–water partition coefficient (Wildman–Crippen LogP) is 1.81. The minimum Gasteiger partial charge on any atom is -0.376 e. The lowest BCUT2D eigenvalue weighted by atomic mass is 9.84. The van der Waals surface area contributed by atoms with E-state index in [-0.39, 0.29) is 0 Å². The van der Waals surface area contributed by atoms with Gasteiger partial charge in [-0.1, -0.05) is 30.3 Å². The van der Waals surface area contributed by atoms with Crippen LogP contribution in [0.2, 0.25) is 0 Å². The van der Waals surface area contributed by atoms with Crippen molar-refractivity contribution in [1.82, 2.24) is 14.7 Å². The van der Waals surface area contributed by atoms with E-state index in [0.717, 1.165) is 25.0 Å². The third-order valence-corrected chi connectivity index (χ3v) is 6.47. The second-order valence-corrected chi connectivity index (χ2v) is 8.22. The number of benzene rings is 1. The molecule has 0 spiro atoms. The number of hydrogen-bond acceptors (Lipinski definition) is 4. The molecule has 4 heteroatoms. The average Bonchev–Trinajstić information content (AvgIpc) is 3.05. The number of fused-ring (bicyclic) bond motifs is 1. The Kier molecular flexibility index (Phi) is 5.71. The van der Waals surface area contributed by atoms with Gasteiger partial charge in [-0.25, -0.2) is 0 Å². The van der Waals surface area contributed by atoms with E-state index in [1.165, 1.54) is 64.2 Å². The van der Waals surface area contributed by atoms with E-state index in [9.17, 15) is 0 Å². The van der Waals surface area contributed by atoms with Crippen LogP contribution in [0.5, 0.6) is 0 Å². The maximum Gasteiger partial charge on any atom is 0.0734 e. The SMILES string of the molecule is CN1CCN(C[C@@H]2OC[C@H]3CN(CCc4ccccc4)CC[C@H]32)CC1. The first-order valence-corrected chi connectivity index (χ1v) is 10.1. The number of piperazine rings is 1. The summed E-state index contributed by atoms with van der Waals surface area (Å²) in [7, 11) is 2.23. The molecule has 3 aliphatic rings. The summed E-state index contributed by atoms with van der Waals surface area (Å²) in [6.07, 6.45) is 2.96. The third kappa shape index (κ3) is 4.43. The molecule has 25 heavy (non-hydrogen) atoms. The van der Waals surface area contributed by atoms with Crippen molar-refractivity contribution < 1.29 is 4.74 Å². The molecule has 0 aliphatic carbocycles. The fourth-order valence-electron chi connectivity index (χ4n) is 4.77. The van der Waals surface area contributed by atoms with Gasteiger partial charge in [0.2, 0.25) is 0 Å². The zero-order valence-corrected chi connectivity index (χ0v) is 15.6. The van der Waals surface area contributed by atoms with Crippen molar-refractivity contribution >= 4 is 0 Å². The van der Waals surface area contributed by atoms with Gasteiger partial charge >= 0.3 is 0 Å². The van der Waals surface area contributed by atoms with Gasteiger partial charge in [0, 0.05) is 51.7 Å². The molecule has 0 radical (unpaired) electrons. The predicted molar refractivity (Wildman–Crippen MR) is 102 cm³/mol. The summed E-state index contributed by atoms with van der Waals surface area (Å²) in [6.45, 7) is 10.6. The van der Waals surface area contributed by atoms with E-state index in [4.69, 9.17) is 4.74 Å².